The molecule has 3 aromatic heterocycles. The van der Waals surface area contributed by atoms with Gasteiger partial charge in [-0.3, -0.25) is 14.5 Å². The number of aliphatic hydroxyl groups excluding tert-OH is 1. The number of nitrogens with one attached hydrogen (secondary N) is 1. The van der Waals surface area contributed by atoms with Gasteiger partial charge < -0.3 is 19.4 Å². The molecule has 0 bridgehead atoms. The van der Waals surface area contributed by atoms with E-state index in [0.717, 1.165) is 30.6 Å². The van der Waals surface area contributed by atoms with Crippen LogP contribution < -0.4 is 10.9 Å². The maximum absolute atomic E-state index is 12.7. The molecule has 8 nitrogen and oxygen atoms in total. The first-order chi connectivity index (χ1) is 16.5. The van der Waals surface area contributed by atoms with Crippen LogP contribution in [0.5, 0.6) is 0 Å². The second-order valence-electron chi connectivity index (χ2n) is 8.79. The van der Waals surface area contributed by atoms with Crippen molar-refractivity contribution in [3.63, 3.8) is 0 Å². The number of aliphatic hydroxyl groups is 1. The highest BCUT2D eigenvalue weighted by Gasteiger charge is 2.19. The molecule has 1 aliphatic rings. The van der Waals surface area contributed by atoms with E-state index >= 15 is 0 Å². The summed E-state index contributed by atoms with van der Waals surface area (Å²) in [7, 11) is 1.71. The number of imidazole rings is 1. The highest BCUT2D eigenvalue weighted by Crippen LogP contribution is 2.20. The summed E-state index contributed by atoms with van der Waals surface area (Å²) in [5, 5.41) is 13.3. The standard InChI is InChI=1S/C26H27N5O3/c1-29-10-8-19(12-25(29)33)21-6-7-24-28-23(17-31(24)15-21)26(34)27-13-22(32)16-30-11-9-18-4-2-3-5-20(18)14-30/h2-8,10,12,15,17,22,32H,9,11,13-14,16H2,1H3,(H,27,34)/t22-/m0/s1. The van der Waals surface area contributed by atoms with Crippen molar-refractivity contribution in [1.82, 2.24) is 24.2 Å². The number of benzene rings is 1. The minimum atomic E-state index is -0.668. The molecule has 4 heterocycles. The average molecular weight is 458 g/mol. The molecule has 5 rings (SSSR count). The SMILES string of the molecule is Cn1ccc(-c2ccc3nc(C(=O)NC[C@H](O)CN4CCc5ccccc5C4)cn3c2)cc1=O. The predicted octanol–water partition coefficient (Wildman–Crippen LogP) is 1.85. The van der Waals surface area contributed by atoms with Crippen molar-refractivity contribution in [2.75, 3.05) is 19.6 Å². The van der Waals surface area contributed by atoms with Crippen LogP contribution in [0.15, 0.2) is 71.9 Å². The zero-order valence-corrected chi connectivity index (χ0v) is 19.0. The Balaban J connectivity index is 1.20. The zero-order chi connectivity index (χ0) is 23.7. The van der Waals surface area contributed by atoms with E-state index in [-0.39, 0.29) is 23.7 Å². The number of fused-ring (bicyclic) bond motifs is 2. The Kier molecular flexibility index (Phi) is 6.00. The number of aryl methyl sites for hydroxylation is 1. The van der Waals surface area contributed by atoms with Crippen molar-refractivity contribution in [3.05, 3.63) is 94.3 Å². The fourth-order valence-electron chi connectivity index (χ4n) is 4.37. The lowest BCUT2D eigenvalue weighted by Crippen LogP contribution is -2.42. The third kappa shape index (κ3) is 4.64. The monoisotopic (exact) mass is 457 g/mol. The normalized spacial score (nSPS) is 14.6. The molecule has 0 saturated carbocycles. The summed E-state index contributed by atoms with van der Waals surface area (Å²) in [4.78, 5) is 31.2. The largest absolute Gasteiger partial charge is 0.390 e. The number of aromatic nitrogens is 3. The van der Waals surface area contributed by atoms with Gasteiger partial charge in [0.05, 0.1) is 6.10 Å². The van der Waals surface area contributed by atoms with Gasteiger partial charge in [-0.1, -0.05) is 24.3 Å². The summed E-state index contributed by atoms with van der Waals surface area (Å²) in [6.07, 6.45) is 5.53. The molecule has 0 unspecified atom stereocenters. The van der Waals surface area contributed by atoms with Crippen molar-refractivity contribution in [1.29, 1.82) is 0 Å². The van der Waals surface area contributed by atoms with Crippen molar-refractivity contribution < 1.29 is 9.90 Å². The Morgan fingerprint density at radius 1 is 1.12 bits per heavy atom. The van der Waals surface area contributed by atoms with Crippen LogP contribution in [0.1, 0.15) is 21.6 Å². The van der Waals surface area contributed by atoms with Gasteiger partial charge in [0.15, 0.2) is 0 Å². The maximum Gasteiger partial charge on any atom is 0.271 e. The average Bonchev–Trinajstić information content (AvgIpc) is 3.28. The number of hydrogen-bond donors (Lipinski definition) is 2. The smallest absolute Gasteiger partial charge is 0.271 e. The second-order valence-corrected chi connectivity index (χ2v) is 8.79. The molecular formula is C26H27N5O3. The molecule has 174 valence electrons. The fraction of sp³-hybridized carbons (Fsp3) is 0.269. The van der Waals surface area contributed by atoms with Gasteiger partial charge in [0.25, 0.3) is 11.5 Å². The molecule has 0 radical (unpaired) electrons. The van der Waals surface area contributed by atoms with Crippen LogP contribution in [-0.4, -0.2) is 55.6 Å². The molecule has 0 aliphatic carbocycles. The topological polar surface area (TPSA) is 91.9 Å². The fourth-order valence-corrected chi connectivity index (χ4v) is 4.37. The predicted molar refractivity (Wildman–Crippen MR) is 130 cm³/mol. The lowest BCUT2D eigenvalue weighted by Gasteiger charge is -2.30. The maximum atomic E-state index is 12.7. The number of amides is 1. The third-order valence-electron chi connectivity index (χ3n) is 6.30. The van der Waals surface area contributed by atoms with E-state index in [0.29, 0.717) is 12.2 Å². The summed E-state index contributed by atoms with van der Waals surface area (Å²) in [6, 6.07) is 15.5. The molecule has 0 spiro atoms. The van der Waals surface area contributed by atoms with Gasteiger partial charge in [-0.25, -0.2) is 4.98 Å². The molecule has 0 fully saturated rings. The Bertz CT molecular complexity index is 1410. The van der Waals surface area contributed by atoms with E-state index < -0.39 is 6.10 Å². The van der Waals surface area contributed by atoms with Crippen molar-refractivity contribution in [2.45, 2.75) is 19.1 Å². The highest BCUT2D eigenvalue weighted by atomic mass is 16.3. The van der Waals surface area contributed by atoms with Gasteiger partial charge in [-0.15, -0.1) is 0 Å². The van der Waals surface area contributed by atoms with Gasteiger partial charge in [-0.05, 0) is 46.9 Å². The molecule has 4 aromatic rings. The number of pyridine rings is 2. The van der Waals surface area contributed by atoms with E-state index in [1.54, 1.807) is 29.9 Å². The van der Waals surface area contributed by atoms with E-state index in [9.17, 15) is 14.7 Å². The summed E-state index contributed by atoms with van der Waals surface area (Å²) in [6.45, 7) is 2.36. The summed E-state index contributed by atoms with van der Waals surface area (Å²) < 4.78 is 3.28. The zero-order valence-electron chi connectivity index (χ0n) is 19.0. The number of carbonyl (C=O) groups excluding carboxylic acids is 1. The highest BCUT2D eigenvalue weighted by molar-refractivity contribution is 5.92. The lowest BCUT2D eigenvalue weighted by atomic mass is 10.00. The van der Waals surface area contributed by atoms with Crippen LogP contribution in [0.25, 0.3) is 16.8 Å². The number of rotatable bonds is 6. The van der Waals surface area contributed by atoms with Crippen LogP contribution in [0.2, 0.25) is 0 Å². The van der Waals surface area contributed by atoms with Crippen LogP contribution >= 0.6 is 0 Å². The number of β-amino-alcohol motifs (C(OH)–C–C–N with tert-alkyl or cyclic N) is 1. The summed E-state index contributed by atoms with van der Waals surface area (Å²) >= 11 is 0. The summed E-state index contributed by atoms with van der Waals surface area (Å²) in [5.41, 5.74) is 5.14. The van der Waals surface area contributed by atoms with Crippen LogP contribution in [0, 0.1) is 0 Å². The van der Waals surface area contributed by atoms with E-state index in [2.05, 4.69) is 33.4 Å². The van der Waals surface area contributed by atoms with Crippen molar-refractivity contribution in [2.24, 2.45) is 7.05 Å². The molecule has 1 atom stereocenters. The third-order valence-corrected chi connectivity index (χ3v) is 6.30. The first-order valence-electron chi connectivity index (χ1n) is 11.4. The van der Waals surface area contributed by atoms with Crippen molar-refractivity contribution in [3.8, 4) is 11.1 Å². The Morgan fingerprint density at radius 2 is 1.94 bits per heavy atom. The van der Waals surface area contributed by atoms with E-state index in [1.807, 2.05) is 30.5 Å². The number of nitrogens with zero attached hydrogens (tertiary/aromatic N) is 4. The second kappa shape index (κ2) is 9.24. The number of hydrogen-bond acceptors (Lipinski definition) is 5. The molecule has 1 aliphatic heterocycles. The van der Waals surface area contributed by atoms with Gasteiger partial charge in [-0.2, -0.15) is 0 Å². The van der Waals surface area contributed by atoms with Gasteiger partial charge in [0.2, 0.25) is 0 Å². The molecule has 1 aromatic carbocycles. The Hall–Kier alpha value is -3.75. The molecule has 34 heavy (non-hydrogen) atoms. The number of carbonyl (C=O) groups is 1. The van der Waals surface area contributed by atoms with Crippen molar-refractivity contribution >= 4 is 11.6 Å². The van der Waals surface area contributed by atoms with E-state index in [4.69, 9.17) is 0 Å². The minimum Gasteiger partial charge on any atom is -0.390 e. The lowest BCUT2D eigenvalue weighted by molar-refractivity contribution is 0.0838. The van der Waals surface area contributed by atoms with Gasteiger partial charge in [0.1, 0.15) is 11.3 Å². The van der Waals surface area contributed by atoms with Crippen LogP contribution in [-0.2, 0) is 20.0 Å². The molecule has 2 N–H and O–H groups in total. The van der Waals surface area contributed by atoms with Crippen LogP contribution in [0.3, 0.4) is 0 Å². The Labute approximate surface area is 197 Å². The molecule has 1 amide bonds. The first-order valence-corrected chi connectivity index (χ1v) is 11.4. The quantitative estimate of drug-likeness (QED) is 0.461. The van der Waals surface area contributed by atoms with Crippen LogP contribution in [0.4, 0.5) is 0 Å². The van der Waals surface area contributed by atoms with Gasteiger partial charge in [0, 0.05) is 57.9 Å². The molecule has 0 saturated heterocycles. The van der Waals surface area contributed by atoms with E-state index in [1.165, 1.54) is 15.7 Å². The molecule has 8 heteroatoms. The summed E-state index contributed by atoms with van der Waals surface area (Å²) in [5.74, 6) is -0.332. The molecular weight excluding hydrogens is 430 g/mol. The minimum absolute atomic E-state index is 0.0874. The van der Waals surface area contributed by atoms with Gasteiger partial charge >= 0.3 is 0 Å². The Morgan fingerprint density at radius 3 is 2.76 bits per heavy atom. The first kappa shape index (κ1) is 22.1.